The molecule has 2 aromatic carbocycles. The van der Waals surface area contributed by atoms with E-state index >= 15 is 0 Å². The van der Waals surface area contributed by atoms with Gasteiger partial charge in [0.05, 0.1) is 30.1 Å². The van der Waals surface area contributed by atoms with Crippen molar-refractivity contribution >= 4 is 17.6 Å². The fourth-order valence-electron chi connectivity index (χ4n) is 2.94. The molecule has 0 bridgehead atoms. The third-order valence-corrected chi connectivity index (χ3v) is 4.32. The van der Waals surface area contributed by atoms with Gasteiger partial charge in [0.1, 0.15) is 0 Å². The zero-order valence-corrected chi connectivity index (χ0v) is 16.2. The number of hydrogen-bond donors (Lipinski definition) is 1. The maximum absolute atomic E-state index is 12.6. The number of rotatable bonds is 6. The first-order valence-electron chi connectivity index (χ1n) is 9.15. The number of carbonyl (C=O) groups excluding carboxylic acids is 2. The Balaban J connectivity index is 1.72. The molecule has 28 heavy (non-hydrogen) atoms. The quantitative estimate of drug-likeness (QED) is 0.660. The van der Waals surface area contributed by atoms with Crippen molar-refractivity contribution in [1.29, 1.82) is 0 Å². The van der Waals surface area contributed by atoms with Gasteiger partial charge < -0.3 is 10.1 Å². The van der Waals surface area contributed by atoms with Gasteiger partial charge in [-0.25, -0.2) is 4.79 Å². The third kappa shape index (κ3) is 4.46. The van der Waals surface area contributed by atoms with Crippen LogP contribution < -0.4 is 5.32 Å². The summed E-state index contributed by atoms with van der Waals surface area (Å²) < 4.78 is 6.97. The van der Waals surface area contributed by atoms with Crippen molar-refractivity contribution in [2.75, 3.05) is 11.9 Å². The monoisotopic (exact) mass is 377 g/mol. The molecule has 0 fully saturated rings. The number of amides is 1. The molecule has 6 nitrogen and oxygen atoms in total. The first-order chi connectivity index (χ1) is 13.5. The molecule has 0 spiro atoms. The average Bonchev–Trinajstić information content (AvgIpc) is 2.99. The van der Waals surface area contributed by atoms with Crippen LogP contribution in [0, 0.1) is 13.8 Å². The lowest BCUT2D eigenvalue weighted by Crippen LogP contribution is -2.16. The number of ether oxygens (including phenoxy) is 1. The van der Waals surface area contributed by atoms with Crippen molar-refractivity contribution < 1.29 is 14.3 Å². The van der Waals surface area contributed by atoms with Gasteiger partial charge in [0.15, 0.2) is 0 Å². The van der Waals surface area contributed by atoms with Crippen LogP contribution in [0.15, 0.2) is 54.6 Å². The maximum Gasteiger partial charge on any atom is 0.340 e. The molecule has 1 aromatic heterocycles. The molecular formula is C22H23N3O3. The van der Waals surface area contributed by atoms with E-state index in [-0.39, 0.29) is 12.5 Å². The highest BCUT2D eigenvalue weighted by Gasteiger charge is 2.15. The van der Waals surface area contributed by atoms with Gasteiger partial charge >= 0.3 is 5.97 Å². The smallest absolute Gasteiger partial charge is 0.340 e. The number of aromatic nitrogens is 2. The fraction of sp³-hybridized carbons (Fsp3) is 0.227. The van der Waals surface area contributed by atoms with Crippen molar-refractivity contribution in [3.63, 3.8) is 0 Å². The number of carbonyl (C=O) groups is 2. The number of esters is 1. The van der Waals surface area contributed by atoms with Crippen LogP contribution in [0.25, 0.3) is 0 Å². The summed E-state index contributed by atoms with van der Waals surface area (Å²) in [5.41, 5.74) is 4.39. The van der Waals surface area contributed by atoms with E-state index < -0.39 is 5.97 Å². The van der Waals surface area contributed by atoms with E-state index in [1.165, 1.54) is 0 Å². The minimum Gasteiger partial charge on any atom is -0.462 e. The largest absolute Gasteiger partial charge is 0.462 e. The van der Waals surface area contributed by atoms with E-state index in [4.69, 9.17) is 4.74 Å². The van der Waals surface area contributed by atoms with Crippen LogP contribution in [-0.2, 0) is 11.3 Å². The molecule has 1 N–H and O–H groups in total. The van der Waals surface area contributed by atoms with Crippen LogP contribution in [-0.4, -0.2) is 28.3 Å². The van der Waals surface area contributed by atoms with Crippen LogP contribution in [0.4, 0.5) is 5.69 Å². The van der Waals surface area contributed by atoms with E-state index in [9.17, 15) is 9.59 Å². The second-order valence-electron chi connectivity index (χ2n) is 6.50. The zero-order chi connectivity index (χ0) is 20.1. The van der Waals surface area contributed by atoms with E-state index in [1.807, 2.05) is 36.7 Å². The second kappa shape index (κ2) is 8.52. The Morgan fingerprint density at radius 1 is 1.07 bits per heavy atom. The normalized spacial score (nSPS) is 10.5. The van der Waals surface area contributed by atoms with Crippen LogP contribution >= 0.6 is 0 Å². The van der Waals surface area contributed by atoms with Crippen LogP contribution in [0.2, 0.25) is 0 Å². The lowest BCUT2D eigenvalue weighted by Gasteiger charge is -2.11. The second-order valence-corrected chi connectivity index (χ2v) is 6.50. The van der Waals surface area contributed by atoms with Crippen molar-refractivity contribution in [3.8, 4) is 0 Å². The number of nitrogens with one attached hydrogen (secondary N) is 1. The summed E-state index contributed by atoms with van der Waals surface area (Å²) in [6.07, 6.45) is 0. The molecule has 3 rings (SSSR count). The highest BCUT2D eigenvalue weighted by atomic mass is 16.5. The van der Waals surface area contributed by atoms with Crippen LogP contribution in [0.3, 0.4) is 0 Å². The molecule has 0 atom stereocenters. The topological polar surface area (TPSA) is 73.2 Å². The first-order valence-corrected chi connectivity index (χ1v) is 9.15. The van der Waals surface area contributed by atoms with E-state index in [2.05, 4.69) is 10.4 Å². The molecule has 1 amide bonds. The third-order valence-electron chi connectivity index (χ3n) is 4.32. The van der Waals surface area contributed by atoms with Gasteiger partial charge in [-0.2, -0.15) is 5.10 Å². The molecule has 0 radical (unpaired) electrons. The molecule has 1 heterocycles. The van der Waals surface area contributed by atoms with E-state index in [0.29, 0.717) is 23.4 Å². The van der Waals surface area contributed by atoms with Gasteiger partial charge in [-0.3, -0.25) is 9.48 Å². The molecule has 0 saturated heterocycles. The van der Waals surface area contributed by atoms with Crippen LogP contribution in [0.5, 0.6) is 0 Å². The summed E-state index contributed by atoms with van der Waals surface area (Å²) in [7, 11) is 0. The Hall–Kier alpha value is -3.41. The Kier molecular flexibility index (Phi) is 5.89. The Bertz CT molecular complexity index is 991. The van der Waals surface area contributed by atoms with Crippen molar-refractivity contribution in [3.05, 3.63) is 82.7 Å². The predicted molar refractivity (Wildman–Crippen MR) is 108 cm³/mol. The lowest BCUT2D eigenvalue weighted by molar-refractivity contribution is 0.0527. The van der Waals surface area contributed by atoms with Gasteiger partial charge in [-0.15, -0.1) is 0 Å². The van der Waals surface area contributed by atoms with Crippen molar-refractivity contribution in [1.82, 2.24) is 9.78 Å². The average molecular weight is 377 g/mol. The standard InChI is InChI=1S/C22H23N3O3/c1-4-28-22(27)19-7-5-6-8-20(19)23-21(26)18-11-9-17(10-12-18)14-25-16(3)13-15(2)24-25/h5-13H,4,14H2,1-3H3,(H,23,26). The number of nitrogens with zero attached hydrogens (tertiary/aromatic N) is 2. The summed E-state index contributed by atoms with van der Waals surface area (Å²) in [4.78, 5) is 24.6. The van der Waals surface area contributed by atoms with E-state index in [0.717, 1.165) is 17.0 Å². The zero-order valence-electron chi connectivity index (χ0n) is 16.2. The number of hydrogen-bond acceptors (Lipinski definition) is 4. The predicted octanol–water partition coefficient (Wildman–Crippen LogP) is 3.98. The molecule has 0 aliphatic carbocycles. The van der Waals surface area contributed by atoms with Gasteiger partial charge in [0, 0.05) is 11.3 Å². The molecule has 0 aliphatic rings. The number of benzene rings is 2. The van der Waals surface area contributed by atoms with Gasteiger partial charge in [-0.1, -0.05) is 24.3 Å². The molecule has 0 unspecified atom stereocenters. The molecule has 3 aromatic rings. The SMILES string of the molecule is CCOC(=O)c1ccccc1NC(=O)c1ccc(Cn2nc(C)cc2C)cc1. The molecular weight excluding hydrogens is 354 g/mol. The van der Waals surface area contributed by atoms with Gasteiger partial charge in [-0.05, 0) is 56.7 Å². The summed E-state index contributed by atoms with van der Waals surface area (Å²) in [6.45, 7) is 6.64. The highest BCUT2D eigenvalue weighted by Crippen LogP contribution is 2.18. The maximum atomic E-state index is 12.6. The first kappa shape index (κ1) is 19.4. The minimum absolute atomic E-state index is 0.276. The lowest BCUT2D eigenvalue weighted by atomic mass is 10.1. The minimum atomic E-state index is -0.460. The van der Waals surface area contributed by atoms with E-state index in [1.54, 1.807) is 43.3 Å². The Morgan fingerprint density at radius 2 is 1.79 bits per heavy atom. The van der Waals surface area contributed by atoms with Crippen molar-refractivity contribution in [2.45, 2.75) is 27.3 Å². The highest BCUT2D eigenvalue weighted by molar-refractivity contribution is 6.08. The number of aryl methyl sites for hydroxylation is 2. The summed E-state index contributed by atoms with van der Waals surface area (Å²) in [6, 6.07) is 16.2. The fourth-order valence-corrected chi connectivity index (χ4v) is 2.94. The van der Waals surface area contributed by atoms with Crippen molar-refractivity contribution in [2.24, 2.45) is 0 Å². The Morgan fingerprint density at radius 3 is 2.43 bits per heavy atom. The molecule has 0 saturated carbocycles. The summed E-state index contributed by atoms with van der Waals surface area (Å²) >= 11 is 0. The summed E-state index contributed by atoms with van der Waals surface area (Å²) in [5, 5.41) is 7.24. The molecule has 144 valence electrons. The number of para-hydroxylation sites is 1. The molecule has 0 aliphatic heterocycles. The number of anilines is 1. The summed E-state index contributed by atoms with van der Waals surface area (Å²) in [5.74, 6) is -0.743. The van der Waals surface area contributed by atoms with Crippen LogP contribution in [0.1, 0.15) is 44.6 Å². The van der Waals surface area contributed by atoms with Gasteiger partial charge in [0.2, 0.25) is 0 Å². The Labute approximate surface area is 164 Å². The molecule has 6 heteroatoms. The van der Waals surface area contributed by atoms with Gasteiger partial charge in [0.25, 0.3) is 5.91 Å².